The standard InChI is InChI=1S/C25H31N3O4S/c1-19(29)21-10-12-24(13-11-21)33(31,32)26-18-20-6-8-22(9-7-20)25(30)28-16-14-27(15-17-28)23-4-2-3-5-23/h6-13,23,26H,2-5,14-18H2,1H3. The van der Waals surface area contributed by atoms with Crippen molar-refractivity contribution in [3.05, 3.63) is 65.2 Å². The van der Waals surface area contributed by atoms with Crippen molar-refractivity contribution in [1.29, 1.82) is 0 Å². The summed E-state index contributed by atoms with van der Waals surface area (Å²) in [5.74, 6) is -0.0870. The van der Waals surface area contributed by atoms with E-state index in [1.807, 2.05) is 4.90 Å². The first kappa shape index (κ1) is 23.6. The maximum Gasteiger partial charge on any atom is 0.253 e. The van der Waals surface area contributed by atoms with E-state index in [1.165, 1.54) is 56.9 Å². The van der Waals surface area contributed by atoms with Gasteiger partial charge in [-0.25, -0.2) is 13.1 Å². The van der Waals surface area contributed by atoms with E-state index in [0.717, 1.165) is 31.7 Å². The molecule has 2 aliphatic rings. The number of ketones is 1. The third-order valence-electron chi connectivity index (χ3n) is 6.68. The second-order valence-electron chi connectivity index (χ2n) is 8.87. The SMILES string of the molecule is CC(=O)c1ccc(S(=O)(=O)NCc2ccc(C(=O)N3CCN(C4CCCC4)CC3)cc2)cc1. The van der Waals surface area contributed by atoms with E-state index in [-0.39, 0.29) is 23.1 Å². The molecule has 0 atom stereocenters. The van der Waals surface area contributed by atoms with Gasteiger partial charge in [-0.2, -0.15) is 0 Å². The van der Waals surface area contributed by atoms with E-state index in [2.05, 4.69) is 9.62 Å². The maximum absolute atomic E-state index is 12.9. The van der Waals surface area contributed by atoms with Crippen LogP contribution in [0.3, 0.4) is 0 Å². The lowest BCUT2D eigenvalue weighted by Gasteiger charge is -2.38. The summed E-state index contributed by atoms with van der Waals surface area (Å²) in [6, 6.07) is 13.6. The monoisotopic (exact) mass is 469 g/mol. The quantitative estimate of drug-likeness (QED) is 0.630. The molecular formula is C25H31N3O4S. The number of rotatable bonds is 7. The highest BCUT2D eigenvalue weighted by Crippen LogP contribution is 2.24. The number of nitrogens with one attached hydrogen (secondary N) is 1. The fourth-order valence-corrected chi connectivity index (χ4v) is 5.66. The summed E-state index contributed by atoms with van der Waals surface area (Å²) >= 11 is 0. The molecule has 33 heavy (non-hydrogen) atoms. The number of piperazine rings is 1. The van der Waals surface area contributed by atoms with Gasteiger partial charge in [-0.05, 0) is 49.6 Å². The Labute approximate surface area is 195 Å². The highest BCUT2D eigenvalue weighted by atomic mass is 32.2. The molecule has 2 fully saturated rings. The molecule has 1 saturated carbocycles. The van der Waals surface area contributed by atoms with Crippen LogP contribution in [0, 0.1) is 0 Å². The average molecular weight is 470 g/mol. The third kappa shape index (κ3) is 5.69. The smallest absolute Gasteiger partial charge is 0.253 e. The number of benzene rings is 2. The zero-order valence-corrected chi connectivity index (χ0v) is 19.8. The summed E-state index contributed by atoms with van der Waals surface area (Å²) in [5, 5.41) is 0. The molecule has 1 heterocycles. The maximum atomic E-state index is 12.9. The molecule has 1 N–H and O–H groups in total. The van der Waals surface area contributed by atoms with Gasteiger partial charge in [0.2, 0.25) is 10.0 Å². The summed E-state index contributed by atoms with van der Waals surface area (Å²) in [6.45, 7) is 4.92. The summed E-state index contributed by atoms with van der Waals surface area (Å²) in [5.41, 5.74) is 1.85. The second-order valence-corrected chi connectivity index (χ2v) is 10.6. The molecule has 0 bridgehead atoms. The molecule has 1 aliphatic heterocycles. The number of hydrogen-bond donors (Lipinski definition) is 1. The Hall–Kier alpha value is -2.55. The van der Waals surface area contributed by atoms with E-state index >= 15 is 0 Å². The van der Waals surface area contributed by atoms with Crippen LogP contribution in [0.1, 0.15) is 58.9 Å². The molecular weight excluding hydrogens is 438 g/mol. The first-order chi connectivity index (χ1) is 15.8. The number of carbonyl (C=O) groups excluding carboxylic acids is 2. The first-order valence-electron chi connectivity index (χ1n) is 11.6. The summed E-state index contributed by atoms with van der Waals surface area (Å²) in [7, 11) is -3.70. The number of sulfonamides is 1. The van der Waals surface area contributed by atoms with Crippen molar-refractivity contribution in [3.8, 4) is 0 Å². The number of amides is 1. The van der Waals surface area contributed by atoms with Crippen LogP contribution in [0.25, 0.3) is 0 Å². The van der Waals surface area contributed by atoms with Crippen LogP contribution in [0.2, 0.25) is 0 Å². The Morgan fingerprint density at radius 1 is 0.879 bits per heavy atom. The van der Waals surface area contributed by atoms with Crippen molar-refractivity contribution in [1.82, 2.24) is 14.5 Å². The lowest BCUT2D eigenvalue weighted by atomic mass is 10.1. The minimum absolute atomic E-state index is 0.0266. The Morgan fingerprint density at radius 3 is 2.03 bits per heavy atom. The fourth-order valence-electron chi connectivity index (χ4n) is 4.64. The molecule has 1 saturated heterocycles. The molecule has 0 radical (unpaired) electrons. The van der Waals surface area contributed by atoms with Crippen LogP contribution in [0.4, 0.5) is 0 Å². The lowest BCUT2D eigenvalue weighted by molar-refractivity contribution is 0.0573. The van der Waals surface area contributed by atoms with Crippen LogP contribution in [-0.4, -0.2) is 62.1 Å². The topological polar surface area (TPSA) is 86.8 Å². The molecule has 8 heteroatoms. The molecule has 2 aromatic carbocycles. The van der Waals surface area contributed by atoms with E-state index in [0.29, 0.717) is 17.2 Å². The van der Waals surface area contributed by atoms with Gasteiger partial charge in [-0.1, -0.05) is 37.1 Å². The zero-order valence-electron chi connectivity index (χ0n) is 19.0. The van der Waals surface area contributed by atoms with Crippen LogP contribution < -0.4 is 4.72 Å². The summed E-state index contributed by atoms with van der Waals surface area (Å²) < 4.78 is 27.6. The molecule has 2 aromatic rings. The van der Waals surface area contributed by atoms with Gasteiger partial charge in [-0.3, -0.25) is 14.5 Å². The van der Waals surface area contributed by atoms with Crippen molar-refractivity contribution < 1.29 is 18.0 Å². The molecule has 4 rings (SSSR count). The predicted octanol–water partition coefficient (Wildman–Crippen LogP) is 3.07. The van der Waals surface area contributed by atoms with Gasteiger partial charge in [0.25, 0.3) is 5.91 Å². The highest BCUT2D eigenvalue weighted by molar-refractivity contribution is 7.89. The molecule has 0 spiro atoms. The number of nitrogens with zero attached hydrogens (tertiary/aromatic N) is 2. The van der Waals surface area contributed by atoms with Gasteiger partial charge >= 0.3 is 0 Å². The van der Waals surface area contributed by atoms with Gasteiger partial charge in [0.05, 0.1) is 4.90 Å². The van der Waals surface area contributed by atoms with Crippen molar-refractivity contribution in [2.45, 2.75) is 50.1 Å². The third-order valence-corrected chi connectivity index (χ3v) is 8.10. The second kappa shape index (κ2) is 10.2. The first-order valence-corrected chi connectivity index (χ1v) is 13.0. The molecule has 1 amide bonds. The lowest BCUT2D eigenvalue weighted by Crippen LogP contribution is -2.51. The minimum atomic E-state index is -3.70. The van der Waals surface area contributed by atoms with E-state index < -0.39 is 10.0 Å². The van der Waals surface area contributed by atoms with Gasteiger partial charge < -0.3 is 4.90 Å². The fraction of sp³-hybridized carbons (Fsp3) is 0.440. The number of carbonyl (C=O) groups is 2. The number of Topliss-reactive ketones (excluding diaryl/α,β-unsaturated/α-hetero) is 1. The molecule has 0 unspecified atom stereocenters. The van der Waals surface area contributed by atoms with Crippen LogP contribution in [0.15, 0.2) is 53.4 Å². The zero-order chi connectivity index (χ0) is 23.4. The van der Waals surface area contributed by atoms with Gasteiger partial charge in [0.15, 0.2) is 5.78 Å². The van der Waals surface area contributed by atoms with Crippen molar-refractivity contribution in [3.63, 3.8) is 0 Å². The van der Waals surface area contributed by atoms with E-state index in [1.54, 1.807) is 24.3 Å². The highest BCUT2D eigenvalue weighted by Gasteiger charge is 2.28. The summed E-state index contributed by atoms with van der Waals surface area (Å²) in [4.78, 5) is 28.8. The van der Waals surface area contributed by atoms with Crippen LogP contribution in [-0.2, 0) is 16.6 Å². The Bertz CT molecular complexity index is 1080. The van der Waals surface area contributed by atoms with Crippen LogP contribution in [0.5, 0.6) is 0 Å². The van der Waals surface area contributed by atoms with Crippen LogP contribution >= 0.6 is 0 Å². The average Bonchev–Trinajstić information content (AvgIpc) is 3.38. The minimum Gasteiger partial charge on any atom is -0.336 e. The Balaban J connectivity index is 1.30. The largest absolute Gasteiger partial charge is 0.336 e. The predicted molar refractivity (Wildman–Crippen MR) is 127 cm³/mol. The molecule has 176 valence electrons. The molecule has 0 aromatic heterocycles. The van der Waals surface area contributed by atoms with Gasteiger partial charge in [-0.15, -0.1) is 0 Å². The number of hydrogen-bond acceptors (Lipinski definition) is 5. The van der Waals surface area contributed by atoms with Crippen molar-refractivity contribution in [2.24, 2.45) is 0 Å². The van der Waals surface area contributed by atoms with Gasteiger partial charge in [0.1, 0.15) is 0 Å². The molecule has 7 nitrogen and oxygen atoms in total. The van der Waals surface area contributed by atoms with Crippen molar-refractivity contribution >= 4 is 21.7 Å². The Morgan fingerprint density at radius 2 is 1.45 bits per heavy atom. The Kier molecular flexibility index (Phi) is 7.26. The molecule has 1 aliphatic carbocycles. The normalized spacial score (nSPS) is 17.9. The van der Waals surface area contributed by atoms with Gasteiger partial charge in [0, 0.05) is 49.9 Å². The summed E-state index contributed by atoms with van der Waals surface area (Å²) in [6.07, 6.45) is 5.20. The van der Waals surface area contributed by atoms with E-state index in [4.69, 9.17) is 0 Å². The van der Waals surface area contributed by atoms with Crippen molar-refractivity contribution in [2.75, 3.05) is 26.2 Å². The van der Waals surface area contributed by atoms with E-state index in [9.17, 15) is 18.0 Å².